The molecule has 156 valence electrons. The van der Waals surface area contributed by atoms with Crippen molar-refractivity contribution < 1.29 is 9.53 Å². The maximum Gasteiger partial charge on any atom is 0.323 e. The molecule has 1 saturated heterocycles. The van der Waals surface area contributed by atoms with Crippen LogP contribution in [0.2, 0.25) is 0 Å². The summed E-state index contributed by atoms with van der Waals surface area (Å²) < 4.78 is 5.17. The van der Waals surface area contributed by atoms with Gasteiger partial charge in [-0.2, -0.15) is 11.3 Å². The number of benzene rings is 1. The highest BCUT2D eigenvalue weighted by Gasteiger charge is 2.18. The van der Waals surface area contributed by atoms with Gasteiger partial charge in [-0.15, -0.1) is 0 Å². The molecule has 2 N–H and O–H groups in total. The molecule has 0 radical (unpaired) electrons. The minimum atomic E-state index is -0.320. The lowest BCUT2D eigenvalue weighted by Crippen LogP contribution is -2.46. The SMILES string of the molecule is COc1cccc(NC(=O)Nc2ccc(N3CCN(Cc4ccsc4)CC3)nc2)c1. The average molecular weight is 424 g/mol. The van der Waals surface area contributed by atoms with E-state index in [0.717, 1.165) is 38.5 Å². The molecule has 4 rings (SSSR count). The molecular weight excluding hydrogens is 398 g/mol. The second-order valence-corrected chi connectivity index (χ2v) is 7.89. The third-order valence-corrected chi connectivity index (χ3v) is 5.75. The molecule has 2 aromatic heterocycles. The van der Waals surface area contributed by atoms with E-state index in [0.29, 0.717) is 17.1 Å². The van der Waals surface area contributed by atoms with E-state index >= 15 is 0 Å². The number of carbonyl (C=O) groups is 1. The molecule has 30 heavy (non-hydrogen) atoms. The Balaban J connectivity index is 1.27. The largest absolute Gasteiger partial charge is 0.497 e. The summed E-state index contributed by atoms with van der Waals surface area (Å²) in [5, 5.41) is 9.94. The molecule has 7 nitrogen and oxygen atoms in total. The molecule has 0 unspecified atom stereocenters. The second-order valence-electron chi connectivity index (χ2n) is 7.11. The first-order chi connectivity index (χ1) is 14.7. The van der Waals surface area contributed by atoms with Crippen LogP contribution in [0.5, 0.6) is 5.75 Å². The van der Waals surface area contributed by atoms with Crippen molar-refractivity contribution in [3.05, 3.63) is 65.0 Å². The number of thiophene rings is 1. The van der Waals surface area contributed by atoms with Crippen LogP contribution in [0.4, 0.5) is 22.0 Å². The highest BCUT2D eigenvalue weighted by Crippen LogP contribution is 2.19. The van der Waals surface area contributed by atoms with E-state index in [1.165, 1.54) is 5.56 Å². The minimum absolute atomic E-state index is 0.320. The van der Waals surface area contributed by atoms with Gasteiger partial charge in [0.1, 0.15) is 11.6 Å². The highest BCUT2D eigenvalue weighted by molar-refractivity contribution is 7.07. The summed E-state index contributed by atoms with van der Waals surface area (Å²) in [7, 11) is 1.59. The van der Waals surface area contributed by atoms with Crippen molar-refractivity contribution in [3.63, 3.8) is 0 Å². The van der Waals surface area contributed by atoms with Crippen LogP contribution in [0, 0.1) is 0 Å². The summed E-state index contributed by atoms with van der Waals surface area (Å²) in [6, 6.07) is 12.9. The van der Waals surface area contributed by atoms with Gasteiger partial charge in [0.25, 0.3) is 0 Å². The van der Waals surface area contributed by atoms with E-state index in [2.05, 4.69) is 42.2 Å². The van der Waals surface area contributed by atoms with Crippen molar-refractivity contribution in [2.45, 2.75) is 6.54 Å². The minimum Gasteiger partial charge on any atom is -0.497 e. The first-order valence-electron chi connectivity index (χ1n) is 9.86. The first kappa shape index (κ1) is 20.2. The smallest absolute Gasteiger partial charge is 0.323 e. The van der Waals surface area contributed by atoms with Gasteiger partial charge in [0.05, 0.1) is 19.0 Å². The molecule has 1 fully saturated rings. The van der Waals surface area contributed by atoms with E-state index in [4.69, 9.17) is 4.74 Å². The Morgan fingerprint density at radius 3 is 2.63 bits per heavy atom. The lowest BCUT2D eigenvalue weighted by molar-refractivity contribution is 0.249. The van der Waals surface area contributed by atoms with Crippen molar-refractivity contribution in [1.29, 1.82) is 0 Å². The summed E-state index contributed by atoms with van der Waals surface area (Å²) in [6.45, 7) is 4.93. The number of aromatic nitrogens is 1. The van der Waals surface area contributed by atoms with Gasteiger partial charge in [-0.1, -0.05) is 6.07 Å². The molecule has 0 bridgehead atoms. The van der Waals surface area contributed by atoms with Crippen LogP contribution >= 0.6 is 11.3 Å². The fraction of sp³-hybridized carbons (Fsp3) is 0.273. The molecule has 0 atom stereocenters. The molecule has 8 heteroatoms. The van der Waals surface area contributed by atoms with Crippen LogP contribution in [0.3, 0.4) is 0 Å². The van der Waals surface area contributed by atoms with Crippen LogP contribution in [0.1, 0.15) is 5.56 Å². The normalized spacial score (nSPS) is 14.4. The molecular formula is C22H25N5O2S. The fourth-order valence-electron chi connectivity index (χ4n) is 3.42. The molecule has 1 aliphatic heterocycles. The van der Waals surface area contributed by atoms with Gasteiger partial charge in [-0.3, -0.25) is 4.90 Å². The standard InChI is InChI=1S/C22H25N5O2S/c1-29-20-4-2-3-18(13-20)24-22(28)25-19-5-6-21(23-14-19)27-10-8-26(9-11-27)15-17-7-12-30-16-17/h2-7,12-14,16H,8-11,15H2,1H3,(H2,24,25,28). The summed E-state index contributed by atoms with van der Waals surface area (Å²) >= 11 is 1.75. The number of methoxy groups -OCH3 is 1. The van der Waals surface area contributed by atoms with Gasteiger partial charge in [-0.25, -0.2) is 9.78 Å². The average Bonchev–Trinajstić information content (AvgIpc) is 3.28. The maximum absolute atomic E-state index is 12.2. The molecule has 1 aromatic carbocycles. The Bertz CT molecular complexity index is 954. The fourth-order valence-corrected chi connectivity index (χ4v) is 4.08. The van der Waals surface area contributed by atoms with Crippen LogP contribution in [-0.2, 0) is 6.54 Å². The molecule has 2 amide bonds. The van der Waals surface area contributed by atoms with Crippen molar-refractivity contribution in [1.82, 2.24) is 9.88 Å². The predicted octanol–water partition coefficient (Wildman–Crippen LogP) is 4.12. The molecule has 0 spiro atoms. The van der Waals surface area contributed by atoms with E-state index in [1.54, 1.807) is 30.7 Å². The van der Waals surface area contributed by atoms with Gasteiger partial charge >= 0.3 is 6.03 Å². The van der Waals surface area contributed by atoms with Gasteiger partial charge in [0, 0.05) is 44.5 Å². The summed E-state index contributed by atoms with van der Waals surface area (Å²) in [4.78, 5) is 21.5. The highest BCUT2D eigenvalue weighted by atomic mass is 32.1. The van der Waals surface area contributed by atoms with Crippen LogP contribution in [-0.4, -0.2) is 49.2 Å². The molecule has 0 aliphatic carbocycles. The number of piperazine rings is 1. The maximum atomic E-state index is 12.2. The van der Waals surface area contributed by atoms with Crippen molar-refractivity contribution >= 4 is 34.6 Å². The number of hydrogen-bond acceptors (Lipinski definition) is 6. The topological polar surface area (TPSA) is 69.7 Å². The number of ether oxygens (including phenoxy) is 1. The number of nitrogens with one attached hydrogen (secondary N) is 2. The third kappa shape index (κ3) is 5.28. The van der Waals surface area contributed by atoms with E-state index in [9.17, 15) is 4.79 Å². The van der Waals surface area contributed by atoms with Gasteiger partial charge < -0.3 is 20.3 Å². The van der Waals surface area contributed by atoms with Crippen molar-refractivity contribution in [3.8, 4) is 5.75 Å². The van der Waals surface area contributed by atoms with E-state index in [-0.39, 0.29) is 6.03 Å². The zero-order chi connectivity index (χ0) is 20.8. The first-order valence-corrected chi connectivity index (χ1v) is 10.8. The molecule has 3 heterocycles. The quantitative estimate of drug-likeness (QED) is 0.624. The summed E-state index contributed by atoms with van der Waals surface area (Å²) in [5.41, 5.74) is 2.70. The lowest BCUT2D eigenvalue weighted by Gasteiger charge is -2.35. The second kappa shape index (κ2) is 9.60. The Hall–Kier alpha value is -3.10. The number of rotatable bonds is 6. The Morgan fingerprint density at radius 1 is 1.10 bits per heavy atom. The Kier molecular flexibility index (Phi) is 6.46. The van der Waals surface area contributed by atoms with Crippen LogP contribution < -0.4 is 20.3 Å². The molecule has 0 saturated carbocycles. The molecule has 3 aromatic rings. The zero-order valence-corrected chi connectivity index (χ0v) is 17.7. The number of anilines is 3. The zero-order valence-electron chi connectivity index (χ0n) is 16.9. The lowest BCUT2D eigenvalue weighted by atomic mass is 10.2. The Labute approximate surface area is 180 Å². The predicted molar refractivity (Wildman–Crippen MR) is 122 cm³/mol. The number of pyridine rings is 1. The van der Waals surface area contributed by atoms with Gasteiger partial charge in [0.15, 0.2) is 0 Å². The monoisotopic (exact) mass is 423 g/mol. The van der Waals surface area contributed by atoms with Gasteiger partial charge in [-0.05, 0) is 46.7 Å². The summed E-state index contributed by atoms with van der Waals surface area (Å²) in [6.07, 6.45) is 1.69. The van der Waals surface area contributed by atoms with Gasteiger partial charge in [0.2, 0.25) is 0 Å². The molecule has 1 aliphatic rings. The van der Waals surface area contributed by atoms with Crippen molar-refractivity contribution in [2.24, 2.45) is 0 Å². The Morgan fingerprint density at radius 2 is 1.93 bits per heavy atom. The number of amides is 2. The van der Waals surface area contributed by atoms with Crippen LogP contribution in [0.25, 0.3) is 0 Å². The van der Waals surface area contributed by atoms with E-state index < -0.39 is 0 Å². The van der Waals surface area contributed by atoms with E-state index in [1.807, 2.05) is 30.3 Å². The summed E-state index contributed by atoms with van der Waals surface area (Å²) in [5.74, 6) is 1.62. The third-order valence-electron chi connectivity index (χ3n) is 5.02. The van der Waals surface area contributed by atoms with Crippen molar-refractivity contribution in [2.75, 3.05) is 48.8 Å². The number of carbonyl (C=O) groups excluding carboxylic acids is 1. The number of urea groups is 1. The van der Waals surface area contributed by atoms with Crippen LogP contribution in [0.15, 0.2) is 59.4 Å². The number of hydrogen-bond donors (Lipinski definition) is 2. The number of nitrogens with zero attached hydrogens (tertiary/aromatic N) is 3.